The molecule has 3 aliphatic rings. The standard InChI is InChI=1S/C20H20N2O3/c23-20(14-6-7-17-18(8-14)25-12-24-17)22-11-15-9-21-10-16(15)19(22)13-4-2-1-3-5-13/h1-8,15-16,19,21H,9-12H2/t15-,16-,19-/m0/s1. The Morgan fingerprint density at radius 1 is 1.04 bits per heavy atom. The lowest BCUT2D eigenvalue weighted by atomic mass is 9.89. The Hall–Kier alpha value is -2.53. The summed E-state index contributed by atoms with van der Waals surface area (Å²) in [7, 11) is 0. The molecule has 0 aliphatic carbocycles. The van der Waals surface area contributed by atoms with Crippen LogP contribution in [0.3, 0.4) is 0 Å². The van der Waals surface area contributed by atoms with Crippen LogP contribution >= 0.6 is 0 Å². The van der Waals surface area contributed by atoms with Crippen LogP contribution in [-0.2, 0) is 0 Å². The Morgan fingerprint density at radius 2 is 1.88 bits per heavy atom. The number of nitrogens with one attached hydrogen (secondary N) is 1. The van der Waals surface area contributed by atoms with Crippen LogP contribution in [0.2, 0.25) is 0 Å². The topological polar surface area (TPSA) is 50.8 Å². The third-order valence-electron chi connectivity index (χ3n) is 5.59. The van der Waals surface area contributed by atoms with E-state index in [1.807, 2.05) is 35.2 Å². The maximum Gasteiger partial charge on any atom is 0.254 e. The Morgan fingerprint density at radius 3 is 2.76 bits per heavy atom. The molecule has 5 rings (SSSR count). The van der Waals surface area contributed by atoms with E-state index < -0.39 is 0 Å². The van der Waals surface area contributed by atoms with Crippen molar-refractivity contribution >= 4 is 5.91 Å². The molecule has 0 unspecified atom stereocenters. The van der Waals surface area contributed by atoms with Gasteiger partial charge in [0.25, 0.3) is 5.91 Å². The number of carbonyl (C=O) groups excluding carboxylic acids is 1. The van der Waals surface area contributed by atoms with Crippen LogP contribution in [0.5, 0.6) is 11.5 Å². The highest BCUT2D eigenvalue weighted by Gasteiger charge is 2.46. The third-order valence-corrected chi connectivity index (χ3v) is 5.59. The molecule has 2 aromatic carbocycles. The first-order valence-corrected chi connectivity index (χ1v) is 8.77. The summed E-state index contributed by atoms with van der Waals surface area (Å²) in [5, 5.41) is 3.48. The number of fused-ring (bicyclic) bond motifs is 2. The Kier molecular flexibility index (Phi) is 3.41. The number of hydrogen-bond donors (Lipinski definition) is 1. The molecule has 25 heavy (non-hydrogen) atoms. The van der Waals surface area contributed by atoms with Gasteiger partial charge < -0.3 is 19.7 Å². The highest BCUT2D eigenvalue weighted by molar-refractivity contribution is 5.95. The first-order valence-electron chi connectivity index (χ1n) is 8.77. The molecule has 0 spiro atoms. The van der Waals surface area contributed by atoms with Crippen molar-refractivity contribution < 1.29 is 14.3 Å². The number of benzene rings is 2. The lowest BCUT2D eigenvalue weighted by Gasteiger charge is -2.28. The van der Waals surface area contributed by atoms with Crippen LogP contribution in [0.4, 0.5) is 0 Å². The zero-order valence-corrected chi connectivity index (χ0v) is 13.9. The van der Waals surface area contributed by atoms with E-state index in [-0.39, 0.29) is 18.7 Å². The van der Waals surface area contributed by atoms with Gasteiger partial charge >= 0.3 is 0 Å². The van der Waals surface area contributed by atoms with E-state index in [0.717, 1.165) is 19.6 Å². The summed E-state index contributed by atoms with van der Waals surface area (Å²) in [5.41, 5.74) is 1.88. The van der Waals surface area contributed by atoms with Crippen LogP contribution in [0.15, 0.2) is 48.5 Å². The molecule has 128 valence electrons. The van der Waals surface area contributed by atoms with Gasteiger partial charge in [-0.25, -0.2) is 0 Å². The molecule has 3 atom stereocenters. The number of likely N-dealkylation sites (tertiary alicyclic amines) is 1. The highest BCUT2D eigenvalue weighted by atomic mass is 16.7. The molecule has 0 radical (unpaired) electrons. The lowest BCUT2D eigenvalue weighted by molar-refractivity contribution is 0.0713. The molecular weight excluding hydrogens is 316 g/mol. The summed E-state index contributed by atoms with van der Waals surface area (Å²) >= 11 is 0. The highest BCUT2D eigenvalue weighted by Crippen LogP contribution is 2.43. The summed E-state index contributed by atoms with van der Waals surface area (Å²) in [6.45, 7) is 2.97. The second-order valence-electron chi connectivity index (χ2n) is 6.96. The zero-order valence-electron chi connectivity index (χ0n) is 13.9. The minimum Gasteiger partial charge on any atom is -0.454 e. The van der Waals surface area contributed by atoms with Gasteiger partial charge in [-0.1, -0.05) is 30.3 Å². The zero-order chi connectivity index (χ0) is 16.8. The van der Waals surface area contributed by atoms with Crippen molar-refractivity contribution in [1.29, 1.82) is 0 Å². The Bertz CT molecular complexity index is 808. The van der Waals surface area contributed by atoms with E-state index in [0.29, 0.717) is 28.9 Å². The molecule has 3 aliphatic heterocycles. The van der Waals surface area contributed by atoms with E-state index >= 15 is 0 Å². The molecule has 0 bridgehead atoms. The van der Waals surface area contributed by atoms with E-state index in [4.69, 9.17) is 9.47 Å². The van der Waals surface area contributed by atoms with E-state index in [9.17, 15) is 4.79 Å². The van der Waals surface area contributed by atoms with Crippen molar-refractivity contribution in [2.45, 2.75) is 6.04 Å². The SMILES string of the molecule is O=C(c1ccc2c(c1)OCO2)N1C[C@@H]2CNC[C@@H]2[C@@H]1c1ccccc1. The average Bonchev–Trinajstić information content (AvgIpc) is 3.36. The predicted molar refractivity (Wildman–Crippen MR) is 92.6 cm³/mol. The number of amides is 1. The molecule has 3 heterocycles. The molecule has 2 saturated heterocycles. The van der Waals surface area contributed by atoms with Gasteiger partial charge in [0.2, 0.25) is 6.79 Å². The van der Waals surface area contributed by atoms with Gasteiger partial charge in [0.15, 0.2) is 11.5 Å². The summed E-state index contributed by atoms with van der Waals surface area (Å²) < 4.78 is 10.8. The van der Waals surface area contributed by atoms with Crippen LogP contribution in [-0.4, -0.2) is 37.2 Å². The maximum atomic E-state index is 13.3. The first kappa shape index (κ1) is 14.8. The van der Waals surface area contributed by atoms with Gasteiger partial charge in [0.05, 0.1) is 6.04 Å². The quantitative estimate of drug-likeness (QED) is 0.915. The van der Waals surface area contributed by atoms with Gasteiger partial charge in [-0.05, 0) is 29.7 Å². The Labute approximate surface area is 146 Å². The van der Waals surface area contributed by atoms with Gasteiger partial charge in [-0.2, -0.15) is 0 Å². The van der Waals surface area contributed by atoms with Crippen molar-refractivity contribution in [3.05, 3.63) is 59.7 Å². The van der Waals surface area contributed by atoms with E-state index in [1.54, 1.807) is 6.07 Å². The molecule has 1 N–H and O–H groups in total. The average molecular weight is 336 g/mol. The fourth-order valence-corrected chi connectivity index (χ4v) is 4.40. The molecule has 0 aromatic heterocycles. The van der Waals surface area contributed by atoms with E-state index in [1.165, 1.54) is 5.56 Å². The second-order valence-corrected chi connectivity index (χ2v) is 6.96. The molecule has 1 amide bonds. The van der Waals surface area contributed by atoms with Crippen molar-refractivity contribution in [3.8, 4) is 11.5 Å². The van der Waals surface area contributed by atoms with Crippen LogP contribution in [0, 0.1) is 11.8 Å². The number of rotatable bonds is 2. The van der Waals surface area contributed by atoms with Crippen LogP contribution in [0.25, 0.3) is 0 Å². The summed E-state index contributed by atoms with van der Waals surface area (Å²) in [5.74, 6) is 2.42. The lowest BCUT2D eigenvalue weighted by Crippen LogP contribution is -2.34. The monoisotopic (exact) mass is 336 g/mol. The molecule has 2 fully saturated rings. The molecule has 5 heteroatoms. The maximum absolute atomic E-state index is 13.3. The van der Waals surface area contributed by atoms with Gasteiger partial charge in [-0.3, -0.25) is 4.79 Å². The largest absolute Gasteiger partial charge is 0.454 e. The minimum atomic E-state index is 0.0709. The smallest absolute Gasteiger partial charge is 0.254 e. The summed E-state index contributed by atoms with van der Waals surface area (Å²) in [4.78, 5) is 15.3. The van der Waals surface area contributed by atoms with Crippen molar-refractivity contribution in [1.82, 2.24) is 10.2 Å². The number of ether oxygens (including phenoxy) is 2. The first-order chi connectivity index (χ1) is 12.3. The number of carbonyl (C=O) groups is 1. The van der Waals surface area contributed by atoms with Gasteiger partial charge in [-0.15, -0.1) is 0 Å². The summed E-state index contributed by atoms with van der Waals surface area (Å²) in [6.07, 6.45) is 0. The fourth-order valence-electron chi connectivity index (χ4n) is 4.40. The number of hydrogen-bond acceptors (Lipinski definition) is 4. The van der Waals surface area contributed by atoms with Crippen LogP contribution < -0.4 is 14.8 Å². The fraction of sp³-hybridized carbons (Fsp3) is 0.350. The van der Waals surface area contributed by atoms with Gasteiger partial charge in [0.1, 0.15) is 0 Å². The van der Waals surface area contributed by atoms with Crippen molar-refractivity contribution in [2.75, 3.05) is 26.4 Å². The van der Waals surface area contributed by atoms with E-state index in [2.05, 4.69) is 17.4 Å². The third kappa shape index (κ3) is 2.38. The predicted octanol–water partition coefficient (Wildman–Crippen LogP) is 2.45. The number of nitrogens with zero attached hydrogens (tertiary/aromatic N) is 1. The molecule has 0 saturated carbocycles. The van der Waals surface area contributed by atoms with Crippen molar-refractivity contribution in [2.24, 2.45) is 11.8 Å². The van der Waals surface area contributed by atoms with Crippen molar-refractivity contribution in [3.63, 3.8) is 0 Å². The summed E-state index contributed by atoms with van der Waals surface area (Å²) in [6, 6.07) is 16.0. The molecule has 5 nitrogen and oxygen atoms in total. The molecular formula is C20H20N2O3. The minimum absolute atomic E-state index is 0.0709. The van der Waals surface area contributed by atoms with Gasteiger partial charge in [0, 0.05) is 31.1 Å². The Balaban J connectivity index is 1.50. The van der Waals surface area contributed by atoms with Crippen LogP contribution in [0.1, 0.15) is 22.0 Å². The normalized spacial score (nSPS) is 26.7. The second kappa shape index (κ2) is 5.77. The molecule has 2 aromatic rings.